The fourth-order valence-electron chi connectivity index (χ4n) is 1.80. The van der Waals surface area contributed by atoms with Crippen LogP contribution in [0.4, 0.5) is 0 Å². The van der Waals surface area contributed by atoms with Crippen molar-refractivity contribution in [3.63, 3.8) is 0 Å². The molecule has 0 saturated heterocycles. The van der Waals surface area contributed by atoms with Gasteiger partial charge in [-0.15, -0.1) is 0 Å². The number of carbonyl (C=O) groups excluding carboxylic acids is 1. The minimum Gasteiger partial charge on any atom is -0.488 e. The summed E-state index contributed by atoms with van der Waals surface area (Å²) in [6.07, 6.45) is 0.354. The van der Waals surface area contributed by atoms with Gasteiger partial charge < -0.3 is 15.2 Å². The Morgan fingerprint density at radius 2 is 2.38 bits per heavy atom. The van der Waals surface area contributed by atoms with E-state index in [2.05, 4.69) is 0 Å². The topological polar surface area (TPSA) is 61.5 Å². The molecule has 0 radical (unpaired) electrons. The molecular formula is C12H15NO3. The second kappa shape index (κ2) is 4.53. The number of nitrogens with two attached hydrogens (primary N) is 1. The molecule has 1 aromatic rings. The lowest BCUT2D eigenvalue weighted by Gasteiger charge is -2.17. The molecule has 0 saturated carbocycles. The van der Waals surface area contributed by atoms with Crippen LogP contribution < -0.4 is 10.5 Å². The Bertz CT molecular complexity index is 367. The summed E-state index contributed by atoms with van der Waals surface area (Å²) < 4.78 is 10.5. The zero-order chi connectivity index (χ0) is 11.5. The van der Waals surface area contributed by atoms with E-state index in [0.717, 1.165) is 11.3 Å². The minimum absolute atomic E-state index is 0.309. The summed E-state index contributed by atoms with van der Waals surface area (Å²) in [5.74, 6) is 0.410. The first-order valence-electron chi connectivity index (χ1n) is 5.39. The van der Waals surface area contributed by atoms with Gasteiger partial charge in [-0.2, -0.15) is 0 Å². The quantitative estimate of drug-likeness (QED) is 0.770. The van der Waals surface area contributed by atoms with E-state index in [-0.39, 0.29) is 6.10 Å². The first-order chi connectivity index (χ1) is 7.72. The van der Waals surface area contributed by atoms with Crippen molar-refractivity contribution < 1.29 is 14.3 Å². The average Bonchev–Trinajstić information content (AvgIpc) is 2.71. The van der Waals surface area contributed by atoms with Crippen LogP contribution in [-0.4, -0.2) is 24.7 Å². The number of benzene rings is 1. The van der Waals surface area contributed by atoms with Gasteiger partial charge in [0.25, 0.3) is 0 Å². The van der Waals surface area contributed by atoms with Crippen molar-refractivity contribution in [2.75, 3.05) is 6.61 Å². The van der Waals surface area contributed by atoms with Crippen LogP contribution in [0, 0.1) is 0 Å². The molecule has 0 amide bonds. The van der Waals surface area contributed by atoms with Gasteiger partial charge in [-0.1, -0.05) is 18.2 Å². The summed E-state index contributed by atoms with van der Waals surface area (Å²) >= 11 is 0. The van der Waals surface area contributed by atoms with E-state index in [1.165, 1.54) is 0 Å². The van der Waals surface area contributed by atoms with Crippen LogP contribution in [0.3, 0.4) is 0 Å². The second-order valence-corrected chi connectivity index (χ2v) is 3.75. The third-order valence-corrected chi connectivity index (χ3v) is 2.63. The molecule has 2 unspecified atom stereocenters. The van der Waals surface area contributed by atoms with Crippen LogP contribution in [0.5, 0.6) is 5.75 Å². The summed E-state index contributed by atoms with van der Waals surface area (Å²) in [5, 5.41) is 0. The number of esters is 1. The number of fused-ring (bicyclic) bond motifs is 1. The maximum atomic E-state index is 11.5. The average molecular weight is 221 g/mol. The van der Waals surface area contributed by atoms with E-state index in [4.69, 9.17) is 15.2 Å². The van der Waals surface area contributed by atoms with E-state index < -0.39 is 12.0 Å². The Hall–Kier alpha value is -1.55. The van der Waals surface area contributed by atoms with Crippen molar-refractivity contribution in [2.45, 2.75) is 25.5 Å². The molecule has 1 aliphatic rings. The monoisotopic (exact) mass is 221 g/mol. The Balaban J connectivity index is 2.03. The molecule has 0 bridgehead atoms. The van der Waals surface area contributed by atoms with Gasteiger partial charge in [0.15, 0.2) is 0 Å². The SMILES string of the molecule is CCOC(=O)C(N)C1Cc2ccccc2O1. The van der Waals surface area contributed by atoms with Crippen molar-refractivity contribution in [1.29, 1.82) is 0 Å². The Labute approximate surface area is 94.3 Å². The molecule has 86 valence electrons. The summed E-state index contributed by atoms with van der Waals surface area (Å²) in [5.41, 5.74) is 6.88. The van der Waals surface area contributed by atoms with Crippen molar-refractivity contribution >= 4 is 5.97 Å². The van der Waals surface area contributed by atoms with E-state index in [1.807, 2.05) is 24.3 Å². The third-order valence-electron chi connectivity index (χ3n) is 2.63. The standard InChI is InChI=1S/C12H15NO3/c1-2-15-12(14)11(13)10-7-8-5-3-4-6-9(8)16-10/h3-6,10-11H,2,7,13H2,1H3. The highest BCUT2D eigenvalue weighted by Gasteiger charge is 2.32. The molecule has 2 N–H and O–H groups in total. The Kier molecular flexibility index (Phi) is 3.10. The lowest BCUT2D eigenvalue weighted by molar-refractivity contribution is -0.146. The van der Waals surface area contributed by atoms with Crippen LogP contribution in [0.25, 0.3) is 0 Å². The fraction of sp³-hybridized carbons (Fsp3) is 0.417. The van der Waals surface area contributed by atoms with Gasteiger partial charge in [0.05, 0.1) is 6.61 Å². The second-order valence-electron chi connectivity index (χ2n) is 3.75. The molecule has 1 aliphatic heterocycles. The van der Waals surface area contributed by atoms with Gasteiger partial charge in [-0.05, 0) is 18.6 Å². The Morgan fingerprint density at radius 1 is 1.62 bits per heavy atom. The summed E-state index contributed by atoms with van der Waals surface area (Å²) in [4.78, 5) is 11.5. The first kappa shape index (κ1) is 11.0. The number of ether oxygens (including phenoxy) is 2. The highest BCUT2D eigenvalue weighted by Crippen LogP contribution is 2.29. The Morgan fingerprint density at radius 3 is 3.06 bits per heavy atom. The summed E-state index contributed by atoms with van der Waals surface area (Å²) in [6, 6.07) is 6.99. The molecule has 0 aliphatic carbocycles. The number of para-hydroxylation sites is 1. The van der Waals surface area contributed by atoms with E-state index >= 15 is 0 Å². The van der Waals surface area contributed by atoms with Crippen LogP contribution in [0.2, 0.25) is 0 Å². The van der Waals surface area contributed by atoms with Gasteiger partial charge in [0.1, 0.15) is 17.9 Å². The smallest absolute Gasteiger partial charge is 0.326 e. The van der Waals surface area contributed by atoms with Crippen molar-refractivity contribution in [3.05, 3.63) is 29.8 Å². The predicted molar refractivity (Wildman–Crippen MR) is 59.2 cm³/mol. The molecule has 0 fully saturated rings. The van der Waals surface area contributed by atoms with E-state index in [9.17, 15) is 4.79 Å². The number of carbonyl (C=O) groups is 1. The maximum absolute atomic E-state index is 11.5. The highest BCUT2D eigenvalue weighted by molar-refractivity contribution is 5.76. The summed E-state index contributed by atoms with van der Waals surface area (Å²) in [6.45, 7) is 2.10. The molecule has 16 heavy (non-hydrogen) atoms. The van der Waals surface area contributed by atoms with Crippen LogP contribution >= 0.6 is 0 Å². The molecule has 2 rings (SSSR count). The van der Waals surface area contributed by atoms with E-state index in [0.29, 0.717) is 13.0 Å². The normalized spacial score (nSPS) is 19.8. The minimum atomic E-state index is -0.715. The molecule has 1 aromatic carbocycles. The van der Waals surface area contributed by atoms with Gasteiger partial charge in [0, 0.05) is 6.42 Å². The lowest BCUT2D eigenvalue weighted by Crippen LogP contribution is -2.45. The molecule has 0 aromatic heterocycles. The van der Waals surface area contributed by atoms with Crippen molar-refractivity contribution in [3.8, 4) is 5.75 Å². The molecule has 4 nitrogen and oxygen atoms in total. The zero-order valence-electron chi connectivity index (χ0n) is 9.18. The van der Waals surface area contributed by atoms with Gasteiger partial charge >= 0.3 is 5.97 Å². The highest BCUT2D eigenvalue weighted by atomic mass is 16.5. The van der Waals surface area contributed by atoms with Crippen LogP contribution in [0.15, 0.2) is 24.3 Å². The van der Waals surface area contributed by atoms with Crippen LogP contribution in [-0.2, 0) is 16.0 Å². The first-order valence-corrected chi connectivity index (χ1v) is 5.39. The number of hydrogen-bond acceptors (Lipinski definition) is 4. The fourth-order valence-corrected chi connectivity index (χ4v) is 1.80. The van der Waals surface area contributed by atoms with Crippen molar-refractivity contribution in [1.82, 2.24) is 0 Å². The largest absolute Gasteiger partial charge is 0.488 e. The van der Waals surface area contributed by atoms with Crippen molar-refractivity contribution in [2.24, 2.45) is 5.73 Å². The molecule has 0 spiro atoms. The molecular weight excluding hydrogens is 206 g/mol. The van der Waals surface area contributed by atoms with Gasteiger partial charge in [0.2, 0.25) is 0 Å². The summed E-state index contributed by atoms with van der Waals surface area (Å²) in [7, 11) is 0. The van der Waals surface area contributed by atoms with Crippen LogP contribution in [0.1, 0.15) is 12.5 Å². The molecule has 4 heteroatoms. The number of hydrogen-bond donors (Lipinski definition) is 1. The zero-order valence-corrected chi connectivity index (χ0v) is 9.18. The third kappa shape index (κ3) is 2.02. The maximum Gasteiger partial charge on any atom is 0.326 e. The molecule has 2 atom stereocenters. The van der Waals surface area contributed by atoms with Gasteiger partial charge in [-0.3, -0.25) is 4.79 Å². The molecule has 1 heterocycles. The lowest BCUT2D eigenvalue weighted by atomic mass is 10.1. The predicted octanol–water partition coefficient (Wildman–Crippen LogP) is 0.880. The number of rotatable bonds is 3. The van der Waals surface area contributed by atoms with Gasteiger partial charge in [-0.25, -0.2) is 0 Å². The van der Waals surface area contributed by atoms with E-state index in [1.54, 1.807) is 6.92 Å².